The fourth-order valence-corrected chi connectivity index (χ4v) is 2.73. The summed E-state index contributed by atoms with van der Waals surface area (Å²) in [6.07, 6.45) is 3.42. The van der Waals surface area contributed by atoms with Crippen molar-refractivity contribution in [1.82, 2.24) is 10.6 Å². The van der Waals surface area contributed by atoms with Crippen molar-refractivity contribution in [2.45, 2.75) is 25.3 Å². The van der Waals surface area contributed by atoms with Crippen molar-refractivity contribution in [2.24, 2.45) is 0 Å². The number of carbonyl (C=O) groups is 1. The van der Waals surface area contributed by atoms with E-state index in [0.717, 1.165) is 17.4 Å². The van der Waals surface area contributed by atoms with Gasteiger partial charge < -0.3 is 10.6 Å². The number of benzene rings is 1. The Morgan fingerprint density at radius 3 is 3.11 bits per heavy atom. The molecule has 0 bridgehead atoms. The molecule has 1 aliphatic heterocycles. The van der Waals surface area contributed by atoms with Crippen LogP contribution in [0.2, 0.25) is 5.02 Å². The van der Waals surface area contributed by atoms with Crippen LogP contribution >= 0.6 is 27.5 Å². The third kappa shape index (κ3) is 3.70. The lowest BCUT2D eigenvalue weighted by Gasteiger charge is -2.11. The molecular weight excluding hydrogens is 316 g/mol. The van der Waals surface area contributed by atoms with Crippen molar-refractivity contribution < 1.29 is 4.79 Å². The van der Waals surface area contributed by atoms with E-state index in [1.54, 1.807) is 18.2 Å². The van der Waals surface area contributed by atoms with Crippen LogP contribution in [0.15, 0.2) is 22.7 Å². The predicted octanol–water partition coefficient (Wildman–Crippen LogP) is 2.97. The summed E-state index contributed by atoms with van der Waals surface area (Å²) < 4.78 is 0.767. The molecule has 1 fully saturated rings. The number of rotatable bonds is 4. The van der Waals surface area contributed by atoms with Crippen LogP contribution in [0.25, 0.3) is 0 Å². The van der Waals surface area contributed by atoms with Gasteiger partial charge in [-0.25, -0.2) is 0 Å². The van der Waals surface area contributed by atoms with Crippen molar-refractivity contribution in [3.05, 3.63) is 33.3 Å². The van der Waals surface area contributed by atoms with E-state index >= 15 is 0 Å². The molecule has 1 heterocycles. The van der Waals surface area contributed by atoms with Gasteiger partial charge in [0.1, 0.15) is 0 Å². The average molecular weight is 332 g/mol. The highest BCUT2D eigenvalue weighted by Crippen LogP contribution is 2.21. The Kier molecular flexibility index (Phi) is 5.03. The maximum absolute atomic E-state index is 12.0. The highest BCUT2D eigenvalue weighted by Gasteiger charge is 2.15. The van der Waals surface area contributed by atoms with Gasteiger partial charge >= 0.3 is 0 Å². The topological polar surface area (TPSA) is 41.1 Å². The first-order chi connectivity index (χ1) is 8.66. The number of nitrogens with one attached hydrogen (secondary N) is 2. The smallest absolute Gasteiger partial charge is 0.252 e. The summed E-state index contributed by atoms with van der Waals surface area (Å²) in [6, 6.07) is 5.77. The Bertz CT molecular complexity index is 433. The number of amides is 1. The van der Waals surface area contributed by atoms with Gasteiger partial charge in [-0.1, -0.05) is 11.6 Å². The zero-order chi connectivity index (χ0) is 13.0. The first-order valence-corrected chi connectivity index (χ1v) is 7.30. The minimum absolute atomic E-state index is 0.0811. The second-order valence-corrected chi connectivity index (χ2v) is 5.75. The Balaban J connectivity index is 1.85. The average Bonchev–Trinajstić information content (AvgIpc) is 2.85. The molecule has 0 radical (unpaired) electrons. The molecule has 1 aromatic rings. The molecule has 1 saturated heterocycles. The summed E-state index contributed by atoms with van der Waals surface area (Å²) in [7, 11) is 0. The molecule has 3 nitrogen and oxygen atoms in total. The zero-order valence-electron chi connectivity index (χ0n) is 10.0. The minimum atomic E-state index is -0.0811. The van der Waals surface area contributed by atoms with Gasteiger partial charge in [0.15, 0.2) is 0 Å². The van der Waals surface area contributed by atoms with Crippen molar-refractivity contribution in [2.75, 3.05) is 13.1 Å². The molecule has 2 rings (SSSR count). The molecule has 1 amide bonds. The molecule has 2 N–H and O–H groups in total. The highest BCUT2D eigenvalue weighted by molar-refractivity contribution is 9.10. The summed E-state index contributed by atoms with van der Waals surface area (Å²) in [5, 5.41) is 6.91. The lowest BCUT2D eigenvalue weighted by atomic mass is 10.1. The maximum Gasteiger partial charge on any atom is 0.252 e. The molecule has 0 aromatic heterocycles. The van der Waals surface area contributed by atoms with Crippen LogP contribution in [0, 0.1) is 0 Å². The monoisotopic (exact) mass is 330 g/mol. The predicted molar refractivity (Wildman–Crippen MR) is 77.1 cm³/mol. The van der Waals surface area contributed by atoms with Crippen LogP contribution < -0.4 is 10.6 Å². The molecule has 1 aliphatic rings. The Morgan fingerprint density at radius 1 is 1.56 bits per heavy atom. The molecule has 1 atom stereocenters. The lowest BCUT2D eigenvalue weighted by Crippen LogP contribution is -2.30. The molecule has 0 aliphatic carbocycles. The van der Waals surface area contributed by atoms with Gasteiger partial charge in [0.25, 0.3) is 5.91 Å². The Labute approximate surface area is 120 Å². The maximum atomic E-state index is 12.0. The molecule has 98 valence electrons. The van der Waals surface area contributed by atoms with E-state index in [-0.39, 0.29) is 5.91 Å². The highest BCUT2D eigenvalue weighted by atomic mass is 79.9. The normalized spacial score (nSPS) is 18.9. The van der Waals surface area contributed by atoms with Crippen molar-refractivity contribution >= 4 is 33.4 Å². The van der Waals surface area contributed by atoms with Crippen LogP contribution in [-0.2, 0) is 0 Å². The summed E-state index contributed by atoms with van der Waals surface area (Å²) in [6.45, 7) is 1.79. The molecule has 0 saturated carbocycles. The molecule has 0 spiro atoms. The van der Waals surface area contributed by atoms with E-state index in [2.05, 4.69) is 26.6 Å². The summed E-state index contributed by atoms with van der Waals surface area (Å²) in [5.41, 5.74) is 0.585. The van der Waals surface area contributed by atoms with E-state index in [0.29, 0.717) is 23.2 Å². The largest absolute Gasteiger partial charge is 0.352 e. The first-order valence-electron chi connectivity index (χ1n) is 6.13. The van der Waals surface area contributed by atoms with Crippen molar-refractivity contribution in [1.29, 1.82) is 0 Å². The van der Waals surface area contributed by atoms with Crippen LogP contribution in [0.5, 0.6) is 0 Å². The van der Waals surface area contributed by atoms with Gasteiger partial charge in [0.05, 0.1) is 5.56 Å². The SMILES string of the molecule is O=C(NCC[C@H]1CCCN1)c1cc(Cl)ccc1Br. The molecule has 18 heavy (non-hydrogen) atoms. The fraction of sp³-hybridized carbons (Fsp3) is 0.462. The Morgan fingerprint density at radius 2 is 2.39 bits per heavy atom. The molecule has 5 heteroatoms. The molecule has 0 unspecified atom stereocenters. The van der Waals surface area contributed by atoms with E-state index in [1.165, 1.54) is 12.8 Å². The van der Waals surface area contributed by atoms with Crippen LogP contribution in [0.1, 0.15) is 29.6 Å². The quantitative estimate of drug-likeness (QED) is 0.890. The van der Waals surface area contributed by atoms with Crippen LogP contribution in [-0.4, -0.2) is 25.0 Å². The summed E-state index contributed by atoms with van der Waals surface area (Å²) in [5.74, 6) is -0.0811. The summed E-state index contributed by atoms with van der Waals surface area (Å²) >= 11 is 9.25. The van der Waals surface area contributed by atoms with E-state index < -0.39 is 0 Å². The zero-order valence-corrected chi connectivity index (χ0v) is 12.4. The van der Waals surface area contributed by atoms with Gasteiger partial charge in [-0.2, -0.15) is 0 Å². The first kappa shape index (κ1) is 13.8. The van der Waals surface area contributed by atoms with Gasteiger partial charge in [-0.05, 0) is 59.9 Å². The second-order valence-electron chi connectivity index (χ2n) is 4.46. The number of carbonyl (C=O) groups excluding carboxylic acids is 1. The van der Waals surface area contributed by atoms with Gasteiger partial charge in [-0.3, -0.25) is 4.79 Å². The Hall–Kier alpha value is -0.580. The number of halogens is 2. The third-order valence-electron chi connectivity index (χ3n) is 3.11. The van der Waals surface area contributed by atoms with Crippen LogP contribution in [0.3, 0.4) is 0 Å². The number of hydrogen-bond acceptors (Lipinski definition) is 2. The second kappa shape index (κ2) is 6.55. The standard InChI is InChI=1S/C13H16BrClN2O/c14-12-4-3-9(15)8-11(12)13(18)17-7-5-10-2-1-6-16-10/h3-4,8,10,16H,1-2,5-7H2,(H,17,18)/t10-/m1/s1. The van der Waals surface area contributed by atoms with E-state index in [1.807, 2.05) is 0 Å². The summed E-state index contributed by atoms with van der Waals surface area (Å²) in [4.78, 5) is 12.0. The van der Waals surface area contributed by atoms with E-state index in [9.17, 15) is 4.79 Å². The molecule has 1 aromatic carbocycles. The van der Waals surface area contributed by atoms with Crippen molar-refractivity contribution in [3.8, 4) is 0 Å². The minimum Gasteiger partial charge on any atom is -0.352 e. The van der Waals surface area contributed by atoms with Gasteiger partial charge in [0, 0.05) is 22.1 Å². The van der Waals surface area contributed by atoms with Crippen molar-refractivity contribution in [3.63, 3.8) is 0 Å². The van der Waals surface area contributed by atoms with Gasteiger partial charge in [0.2, 0.25) is 0 Å². The van der Waals surface area contributed by atoms with Crippen LogP contribution in [0.4, 0.5) is 0 Å². The lowest BCUT2D eigenvalue weighted by molar-refractivity contribution is 0.0951. The van der Waals surface area contributed by atoms with Gasteiger partial charge in [-0.15, -0.1) is 0 Å². The molecular formula is C13H16BrClN2O. The number of hydrogen-bond donors (Lipinski definition) is 2. The third-order valence-corrected chi connectivity index (χ3v) is 4.04. The fourth-order valence-electron chi connectivity index (χ4n) is 2.13. The van der Waals surface area contributed by atoms with E-state index in [4.69, 9.17) is 11.6 Å².